The summed E-state index contributed by atoms with van der Waals surface area (Å²) in [5.74, 6) is 3.07. The molecule has 2 aromatic rings. The summed E-state index contributed by atoms with van der Waals surface area (Å²) >= 11 is 0. The Balaban J connectivity index is 1.88. The van der Waals surface area contributed by atoms with Gasteiger partial charge in [0.1, 0.15) is 23.9 Å². The number of benzene rings is 2. The van der Waals surface area contributed by atoms with Crippen LogP contribution in [0.5, 0.6) is 17.2 Å². The quantitative estimate of drug-likeness (QED) is 0.471. The first-order valence-corrected chi connectivity index (χ1v) is 9.65. The molecule has 0 amide bonds. The zero-order valence-corrected chi connectivity index (χ0v) is 17.6. The number of hydrogen-bond donors (Lipinski definition) is 2. The fourth-order valence-electron chi connectivity index (χ4n) is 2.65. The third-order valence-electron chi connectivity index (χ3n) is 4.37. The number of methoxy groups -OCH3 is 2. The minimum absolute atomic E-state index is 0.262. The SMILES string of the molecule is CCNC(=NCC(O)c1ccc(OC)cc1)N(C)CCOc1ccc(OC)cc1. The zero-order valence-electron chi connectivity index (χ0n) is 17.6. The number of nitrogens with zero attached hydrogens (tertiary/aromatic N) is 2. The van der Waals surface area contributed by atoms with Crippen LogP contribution in [0.2, 0.25) is 0 Å². The molecule has 0 aromatic heterocycles. The molecule has 2 aromatic carbocycles. The van der Waals surface area contributed by atoms with E-state index in [-0.39, 0.29) is 6.54 Å². The minimum atomic E-state index is -0.682. The average molecular weight is 402 g/mol. The summed E-state index contributed by atoms with van der Waals surface area (Å²) in [6.45, 7) is 4.17. The number of hydrogen-bond acceptors (Lipinski definition) is 5. The van der Waals surface area contributed by atoms with E-state index >= 15 is 0 Å². The van der Waals surface area contributed by atoms with Crippen LogP contribution in [-0.2, 0) is 0 Å². The van der Waals surface area contributed by atoms with Gasteiger partial charge in [0, 0.05) is 13.6 Å². The maximum Gasteiger partial charge on any atom is 0.193 e. The molecule has 0 aliphatic carbocycles. The monoisotopic (exact) mass is 401 g/mol. The highest BCUT2D eigenvalue weighted by Gasteiger charge is 2.10. The van der Waals surface area contributed by atoms with Gasteiger partial charge in [0.05, 0.1) is 33.4 Å². The number of aliphatic hydroxyl groups excluding tert-OH is 1. The van der Waals surface area contributed by atoms with Gasteiger partial charge in [-0.3, -0.25) is 4.99 Å². The van der Waals surface area contributed by atoms with E-state index in [9.17, 15) is 5.11 Å². The standard InChI is InChI=1S/C22H31N3O4/c1-5-23-22(24-16-21(26)17-6-8-18(27-3)9-7-17)25(2)14-15-29-20-12-10-19(28-4)11-13-20/h6-13,21,26H,5,14-16H2,1-4H3,(H,23,24). The summed E-state index contributed by atoms with van der Waals surface area (Å²) < 4.78 is 16.1. The van der Waals surface area contributed by atoms with E-state index in [1.165, 1.54) is 0 Å². The summed E-state index contributed by atoms with van der Waals surface area (Å²) in [5.41, 5.74) is 0.802. The van der Waals surface area contributed by atoms with Gasteiger partial charge in [-0.1, -0.05) is 12.1 Å². The molecule has 1 unspecified atom stereocenters. The average Bonchev–Trinajstić information content (AvgIpc) is 2.76. The molecule has 0 saturated heterocycles. The van der Waals surface area contributed by atoms with Gasteiger partial charge in [0.2, 0.25) is 0 Å². The molecule has 0 heterocycles. The number of aliphatic hydroxyl groups is 1. The van der Waals surface area contributed by atoms with Crippen LogP contribution in [-0.4, -0.2) is 63.5 Å². The van der Waals surface area contributed by atoms with Crippen molar-refractivity contribution in [2.45, 2.75) is 13.0 Å². The number of nitrogens with one attached hydrogen (secondary N) is 1. The second-order valence-electron chi connectivity index (χ2n) is 6.43. The molecule has 0 fully saturated rings. The fourth-order valence-corrected chi connectivity index (χ4v) is 2.65. The Morgan fingerprint density at radius 2 is 1.55 bits per heavy atom. The fraction of sp³-hybridized carbons (Fsp3) is 0.409. The van der Waals surface area contributed by atoms with E-state index in [0.29, 0.717) is 13.2 Å². The van der Waals surface area contributed by atoms with E-state index < -0.39 is 6.10 Å². The molecule has 7 heteroatoms. The Morgan fingerprint density at radius 1 is 1.00 bits per heavy atom. The van der Waals surface area contributed by atoms with Gasteiger partial charge in [-0.05, 0) is 48.9 Å². The molecular formula is C22H31N3O4. The summed E-state index contributed by atoms with van der Waals surface area (Å²) in [6, 6.07) is 14.8. The molecule has 1 atom stereocenters. The second-order valence-corrected chi connectivity index (χ2v) is 6.43. The second kappa shape index (κ2) is 11.8. The van der Waals surface area contributed by atoms with E-state index in [0.717, 1.165) is 35.3 Å². The van der Waals surface area contributed by atoms with Crippen molar-refractivity contribution in [3.8, 4) is 17.2 Å². The molecule has 0 radical (unpaired) electrons. The Kier molecular flexibility index (Phi) is 9.11. The van der Waals surface area contributed by atoms with Gasteiger partial charge < -0.3 is 29.5 Å². The topological polar surface area (TPSA) is 75.6 Å². The maximum absolute atomic E-state index is 10.4. The van der Waals surface area contributed by atoms with Gasteiger partial charge >= 0.3 is 0 Å². The van der Waals surface area contributed by atoms with Crippen molar-refractivity contribution in [1.82, 2.24) is 10.2 Å². The van der Waals surface area contributed by atoms with Crippen LogP contribution in [0, 0.1) is 0 Å². The van der Waals surface area contributed by atoms with Crippen molar-refractivity contribution in [2.75, 3.05) is 47.5 Å². The molecule has 0 bridgehead atoms. The van der Waals surface area contributed by atoms with E-state index in [1.807, 2.05) is 67.4 Å². The van der Waals surface area contributed by atoms with Gasteiger partial charge in [0.25, 0.3) is 0 Å². The highest BCUT2D eigenvalue weighted by atomic mass is 16.5. The normalized spacial score (nSPS) is 12.2. The predicted octanol–water partition coefficient (Wildman–Crippen LogP) is 2.71. The minimum Gasteiger partial charge on any atom is -0.497 e. The van der Waals surface area contributed by atoms with Crippen LogP contribution in [0.4, 0.5) is 0 Å². The molecule has 0 aliphatic rings. The van der Waals surface area contributed by atoms with Crippen molar-refractivity contribution in [3.05, 3.63) is 54.1 Å². The van der Waals surface area contributed by atoms with Crippen molar-refractivity contribution in [2.24, 2.45) is 4.99 Å². The van der Waals surface area contributed by atoms with Crippen LogP contribution < -0.4 is 19.5 Å². The van der Waals surface area contributed by atoms with Crippen LogP contribution >= 0.6 is 0 Å². The Hall–Kier alpha value is -2.93. The van der Waals surface area contributed by atoms with Gasteiger partial charge in [-0.15, -0.1) is 0 Å². The van der Waals surface area contributed by atoms with E-state index in [4.69, 9.17) is 14.2 Å². The first-order valence-electron chi connectivity index (χ1n) is 9.65. The lowest BCUT2D eigenvalue weighted by molar-refractivity contribution is 0.186. The van der Waals surface area contributed by atoms with E-state index in [2.05, 4.69) is 10.3 Å². The van der Waals surface area contributed by atoms with Crippen molar-refractivity contribution >= 4 is 5.96 Å². The molecule has 158 valence electrons. The first-order chi connectivity index (χ1) is 14.1. The van der Waals surface area contributed by atoms with Crippen LogP contribution in [0.25, 0.3) is 0 Å². The van der Waals surface area contributed by atoms with Crippen molar-refractivity contribution in [3.63, 3.8) is 0 Å². The molecule has 7 nitrogen and oxygen atoms in total. The smallest absolute Gasteiger partial charge is 0.193 e. The van der Waals surface area contributed by atoms with Crippen LogP contribution in [0.1, 0.15) is 18.6 Å². The summed E-state index contributed by atoms with van der Waals surface area (Å²) in [4.78, 5) is 6.54. The van der Waals surface area contributed by atoms with Gasteiger partial charge in [-0.25, -0.2) is 0 Å². The zero-order chi connectivity index (χ0) is 21.1. The third-order valence-corrected chi connectivity index (χ3v) is 4.37. The summed E-state index contributed by atoms with van der Waals surface area (Å²) in [7, 11) is 5.20. The first kappa shape index (κ1) is 22.4. The summed E-state index contributed by atoms with van der Waals surface area (Å²) in [5, 5.41) is 13.7. The van der Waals surface area contributed by atoms with E-state index in [1.54, 1.807) is 14.2 Å². The molecule has 0 aliphatic heterocycles. The largest absolute Gasteiger partial charge is 0.497 e. The lowest BCUT2D eigenvalue weighted by Crippen LogP contribution is -2.41. The highest BCUT2D eigenvalue weighted by Crippen LogP contribution is 2.18. The molecule has 2 N–H and O–H groups in total. The molecular weight excluding hydrogens is 370 g/mol. The predicted molar refractivity (Wildman–Crippen MR) is 115 cm³/mol. The van der Waals surface area contributed by atoms with Crippen LogP contribution in [0.3, 0.4) is 0 Å². The number of rotatable bonds is 10. The summed E-state index contributed by atoms with van der Waals surface area (Å²) in [6.07, 6.45) is -0.682. The number of aliphatic imine (C=N–C) groups is 1. The Bertz CT molecular complexity index is 748. The molecule has 0 spiro atoms. The number of guanidine groups is 1. The molecule has 0 saturated carbocycles. The number of likely N-dealkylation sites (N-methyl/N-ethyl adjacent to an activating group) is 1. The maximum atomic E-state index is 10.4. The third kappa shape index (κ3) is 7.19. The Labute approximate surface area is 172 Å². The number of ether oxygens (including phenoxy) is 3. The van der Waals surface area contributed by atoms with Crippen molar-refractivity contribution < 1.29 is 19.3 Å². The van der Waals surface area contributed by atoms with Crippen molar-refractivity contribution in [1.29, 1.82) is 0 Å². The lowest BCUT2D eigenvalue weighted by Gasteiger charge is -2.22. The van der Waals surface area contributed by atoms with Gasteiger partial charge in [-0.2, -0.15) is 0 Å². The van der Waals surface area contributed by atoms with Crippen LogP contribution in [0.15, 0.2) is 53.5 Å². The van der Waals surface area contributed by atoms with Gasteiger partial charge in [0.15, 0.2) is 5.96 Å². The Morgan fingerprint density at radius 3 is 2.10 bits per heavy atom. The molecule has 29 heavy (non-hydrogen) atoms. The molecule has 2 rings (SSSR count). The highest BCUT2D eigenvalue weighted by molar-refractivity contribution is 5.79. The lowest BCUT2D eigenvalue weighted by atomic mass is 10.1.